The number of amides is 1. The molecule has 2 atom stereocenters. The van der Waals surface area contributed by atoms with Crippen molar-refractivity contribution in [2.75, 3.05) is 5.32 Å². The first kappa shape index (κ1) is 30.5. The highest BCUT2D eigenvalue weighted by Crippen LogP contribution is 2.39. The Hall–Kier alpha value is -4.94. The van der Waals surface area contributed by atoms with E-state index in [0.717, 1.165) is 36.4 Å². The third-order valence-electron chi connectivity index (χ3n) is 6.71. The molecule has 0 spiro atoms. The van der Waals surface area contributed by atoms with E-state index in [0.29, 0.717) is 16.7 Å². The Morgan fingerprint density at radius 1 is 0.705 bits per heavy atom. The number of anilines is 1. The van der Waals surface area contributed by atoms with Gasteiger partial charge in [-0.3, -0.25) is 9.79 Å². The van der Waals surface area contributed by atoms with Crippen LogP contribution in [0.25, 0.3) is 11.1 Å². The average molecular weight is 620 g/mol. The molecule has 1 aliphatic rings. The zero-order valence-corrected chi connectivity index (χ0v) is 22.2. The van der Waals surface area contributed by atoms with Gasteiger partial charge in [-0.15, -0.1) is 26.3 Å². The predicted molar refractivity (Wildman–Crippen MR) is 144 cm³/mol. The van der Waals surface area contributed by atoms with E-state index in [9.17, 15) is 39.9 Å². The molecular formula is C31H20F8N2O3. The fourth-order valence-corrected chi connectivity index (χ4v) is 4.81. The normalized spacial score (nSPS) is 16.8. The van der Waals surface area contributed by atoms with Crippen LogP contribution in [-0.2, 0) is 4.79 Å². The van der Waals surface area contributed by atoms with E-state index in [1.807, 2.05) is 0 Å². The number of carbonyl (C=O) groups excluding carboxylic acids is 1. The van der Waals surface area contributed by atoms with Crippen LogP contribution in [0.3, 0.4) is 0 Å². The summed E-state index contributed by atoms with van der Waals surface area (Å²) in [5.74, 6) is -4.16. The van der Waals surface area contributed by atoms with Crippen LogP contribution in [0, 0.1) is 17.6 Å². The molecule has 5 rings (SSSR count). The molecule has 0 radical (unpaired) electrons. The Balaban J connectivity index is 1.40. The number of aliphatic imine (C=N–C) groups is 1. The molecule has 2 unspecified atom stereocenters. The second kappa shape index (κ2) is 12.0. The highest BCUT2D eigenvalue weighted by molar-refractivity contribution is 6.07. The monoisotopic (exact) mass is 620 g/mol. The first-order chi connectivity index (χ1) is 20.8. The van der Waals surface area contributed by atoms with Crippen molar-refractivity contribution in [3.63, 3.8) is 0 Å². The zero-order chi connectivity index (χ0) is 31.6. The minimum Gasteiger partial charge on any atom is -0.406 e. The Morgan fingerprint density at radius 3 is 1.68 bits per heavy atom. The van der Waals surface area contributed by atoms with Crippen LogP contribution in [-0.4, -0.2) is 24.3 Å². The summed E-state index contributed by atoms with van der Waals surface area (Å²) in [5.41, 5.74) is 1.50. The number of benzene rings is 4. The van der Waals surface area contributed by atoms with Gasteiger partial charge in [0.1, 0.15) is 23.1 Å². The SMILES string of the molecule is O=C(Nc1ccc(OC(F)(F)F)cc1)C1CC(c2c(F)cccc2F)=NC1c1ccc(-c2ccc(OC(F)(F)F)cc2)cc1. The molecule has 1 amide bonds. The maximum atomic E-state index is 14.6. The molecule has 1 aliphatic heterocycles. The molecule has 1 N–H and O–H groups in total. The van der Waals surface area contributed by atoms with E-state index >= 15 is 0 Å². The van der Waals surface area contributed by atoms with E-state index in [1.54, 1.807) is 24.3 Å². The summed E-state index contributed by atoms with van der Waals surface area (Å²) in [6, 6.07) is 18.6. The van der Waals surface area contributed by atoms with E-state index < -0.39 is 48.0 Å². The van der Waals surface area contributed by atoms with Crippen LogP contribution in [0.4, 0.5) is 40.8 Å². The highest BCUT2D eigenvalue weighted by Gasteiger charge is 2.38. The molecule has 5 nitrogen and oxygen atoms in total. The lowest BCUT2D eigenvalue weighted by Gasteiger charge is -2.19. The molecule has 0 fully saturated rings. The van der Waals surface area contributed by atoms with Crippen molar-refractivity contribution in [2.24, 2.45) is 10.9 Å². The third-order valence-corrected chi connectivity index (χ3v) is 6.71. The number of ether oxygens (including phenoxy) is 2. The van der Waals surface area contributed by atoms with Gasteiger partial charge in [-0.2, -0.15) is 0 Å². The van der Waals surface area contributed by atoms with Gasteiger partial charge in [-0.05, 0) is 65.2 Å². The summed E-state index contributed by atoms with van der Waals surface area (Å²) in [6.07, 6.45) is -9.87. The van der Waals surface area contributed by atoms with Crippen LogP contribution in [0.1, 0.15) is 23.6 Å². The van der Waals surface area contributed by atoms with Gasteiger partial charge in [0.25, 0.3) is 0 Å². The zero-order valence-electron chi connectivity index (χ0n) is 22.2. The van der Waals surface area contributed by atoms with Gasteiger partial charge in [0.2, 0.25) is 5.91 Å². The van der Waals surface area contributed by atoms with Gasteiger partial charge in [-0.25, -0.2) is 8.78 Å². The minimum absolute atomic E-state index is 0.0176. The predicted octanol–water partition coefficient (Wildman–Crippen LogP) is 8.62. The number of rotatable bonds is 7. The fraction of sp³-hybridized carbons (Fsp3) is 0.161. The molecule has 0 aromatic heterocycles. The molecule has 4 aromatic carbocycles. The number of nitrogens with one attached hydrogen (secondary N) is 1. The quantitative estimate of drug-likeness (QED) is 0.211. The molecule has 13 heteroatoms. The Morgan fingerprint density at radius 2 is 1.18 bits per heavy atom. The smallest absolute Gasteiger partial charge is 0.406 e. The number of carbonyl (C=O) groups is 1. The largest absolute Gasteiger partial charge is 0.573 e. The summed E-state index contributed by atoms with van der Waals surface area (Å²) in [4.78, 5) is 17.9. The van der Waals surface area contributed by atoms with Gasteiger partial charge in [0.15, 0.2) is 0 Å². The lowest BCUT2D eigenvalue weighted by Crippen LogP contribution is -2.26. The van der Waals surface area contributed by atoms with Crippen molar-refractivity contribution in [1.82, 2.24) is 0 Å². The molecule has 4 aromatic rings. The number of alkyl halides is 6. The molecule has 0 saturated carbocycles. The summed E-state index contributed by atoms with van der Waals surface area (Å²) in [7, 11) is 0. The van der Waals surface area contributed by atoms with E-state index in [2.05, 4.69) is 19.8 Å². The van der Waals surface area contributed by atoms with E-state index in [-0.39, 0.29) is 29.1 Å². The fourth-order valence-electron chi connectivity index (χ4n) is 4.81. The van der Waals surface area contributed by atoms with Crippen molar-refractivity contribution in [3.05, 3.63) is 114 Å². The van der Waals surface area contributed by atoms with E-state index in [1.165, 1.54) is 30.3 Å². The minimum atomic E-state index is -4.89. The standard InChI is InChI=1S/C31H20F8N2O3/c32-24-2-1-3-25(33)27(24)26-16-23(29(42)40-20-10-14-22(15-11-20)44-31(37,38)39)28(41-26)19-6-4-17(5-7-19)18-8-12-21(13-9-18)43-30(34,35)36/h1-15,23,28H,16H2,(H,40,42). The first-order valence-electron chi connectivity index (χ1n) is 12.9. The second-order valence-corrected chi connectivity index (χ2v) is 9.68. The van der Waals surface area contributed by atoms with E-state index in [4.69, 9.17) is 0 Å². The number of halogens is 8. The van der Waals surface area contributed by atoms with Gasteiger partial charge < -0.3 is 14.8 Å². The molecule has 44 heavy (non-hydrogen) atoms. The van der Waals surface area contributed by atoms with Gasteiger partial charge in [0, 0.05) is 17.8 Å². The first-order valence-corrected chi connectivity index (χ1v) is 12.9. The number of nitrogens with zero attached hydrogens (tertiary/aromatic N) is 1. The Kier molecular flexibility index (Phi) is 8.31. The molecule has 0 aliphatic carbocycles. The van der Waals surface area contributed by atoms with Crippen molar-refractivity contribution < 1.29 is 49.4 Å². The topological polar surface area (TPSA) is 59.9 Å². The Labute approximate surface area is 244 Å². The van der Waals surface area contributed by atoms with Crippen molar-refractivity contribution in [3.8, 4) is 22.6 Å². The van der Waals surface area contributed by atoms with Crippen LogP contribution >= 0.6 is 0 Å². The molecular weight excluding hydrogens is 600 g/mol. The third kappa shape index (κ3) is 7.33. The van der Waals surface area contributed by atoms with Crippen molar-refractivity contribution >= 4 is 17.3 Å². The van der Waals surface area contributed by atoms with Gasteiger partial charge in [0.05, 0.1) is 17.5 Å². The summed E-state index contributed by atoms with van der Waals surface area (Å²) in [5, 5.41) is 2.61. The lowest BCUT2D eigenvalue weighted by molar-refractivity contribution is -0.275. The van der Waals surface area contributed by atoms with Crippen molar-refractivity contribution in [1.29, 1.82) is 0 Å². The van der Waals surface area contributed by atoms with Gasteiger partial charge >= 0.3 is 12.7 Å². The van der Waals surface area contributed by atoms with Crippen LogP contribution < -0.4 is 14.8 Å². The average Bonchev–Trinajstić information content (AvgIpc) is 3.38. The van der Waals surface area contributed by atoms with Crippen LogP contribution in [0.2, 0.25) is 0 Å². The summed E-state index contributed by atoms with van der Waals surface area (Å²) < 4.78 is 112. The second-order valence-electron chi connectivity index (χ2n) is 9.68. The molecule has 0 saturated heterocycles. The van der Waals surface area contributed by atoms with Gasteiger partial charge in [-0.1, -0.05) is 42.5 Å². The summed E-state index contributed by atoms with van der Waals surface area (Å²) >= 11 is 0. The number of hydrogen-bond donors (Lipinski definition) is 1. The lowest BCUT2D eigenvalue weighted by atomic mass is 9.89. The number of hydrogen-bond acceptors (Lipinski definition) is 4. The maximum Gasteiger partial charge on any atom is 0.573 e. The van der Waals surface area contributed by atoms with Crippen LogP contribution in [0.15, 0.2) is 96.0 Å². The maximum absolute atomic E-state index is 14.6. The summed E-state index contributed by atoms with van der Waals surface area (Å²) in [6.45, 7) is 0. The highest BCUT2D eigenvalue weighted by atomic mass is 19.4. The van der Waals surface area contributed by atoms with Crippen LogP contribution in [0.5, 0.6) is 11.5 Å². The molecule has 0 bridgehead atoms. The molecule has 1 heterocycles. The molecule has 228 valence electrons. The Bertz CT molecular complexity index is 1650. The van der Waals surface area contributed by atoms with Crippen molar-refractivity contribution in [2.45, 2.75) is 25.2 Å².